The zero-order valence-corrected chi connectivity index (χ0v) is 17.4. The van der Waals surface area contributed by atoms with Crippen molar-refractivity contribution in [2.45, 2.75) is 31.7 Å². The number of alkyl carbamates (subject to hydrolysis) is 1. The van der Waals surface area contributed by atoms with Gasteiger partial charge in [-0.05, 0) is 53.1 Å². The van der Waals surface area contributed by atoms with E-state index in [4.69, 9.17) is 4.74 Å². The average molecular weight is 415 g/mol. The van der Waals surface area contributed by atoms with Crippen LogP contribution >= 0.6 is 0 Å². The van der Waals surface area contributed by atoms with Crippen molar-refractivity contribution in [2.24, 2.45) is 0 Å². The number of rotatable bonds is 7. The number of carboxylic acid groups (broad SMARTS) is 1. The predicted octanol–water partition coefficient (Wildman–Crippen LogP) is 4.92. The summed E-state index contributed by atoms with van der Waals surface area (Å²) in [4.78, 5) is 24.1. The minimum absolute atomic E-state index is 0.0617. The highest BCUT2D eigenvalue weighted by atomic mass is 16.5. The minimum Gasteiger partial charge on any atom is -0.480 e. The van der Waals surface area contributed by atoms with Gasteiger partial charge in [-0.3, -0.25) is 0 Å². The van der Waals surface area contributed by atoms with Gasteiger partial charge in [0.05, 0.1) is 0 Å². The molecule has 1 amide bonds. The van der Waals surface area contributed by atoms with Crippen LogP contribution in [0.15, 0.2) is 72.8 Å². The molecule has 1 aliphatic carbocycles. The van der Waals surface area contributed by atoms with Crippen molar-refractivity contribution < 1.29 is 19.4 Å². The van der Waals surface area contributed by atoms with Crippen LogP contribution in [0, 0.1) is 6.92 Å². The Bertz CT molecular complexity index is 1060. The van der Waals surface area contributed by atoms with Crippen LogP contribution in [0.1, 0.15) is 34.6 Å². The molecule has 0 aliphatic heterocycles. The summed E-state index contributed by atoms with van der Waals surface area (Å²) in [7, 11) is 0. The Kier molecular flexibility index (Phi) is 6.03. The molecule has 1 aliphatic rings. The summed E-state index contributed by atoms with van der Waals surface area (Å²) in [5.41, 5.74) is 6.70. The first kappa shape index (κ1) is 20.7. The molecular weight excluding hydrogens is 390 g/mol. The number of ether oxygens (including phenoxy) is 1. The molecule has 0 aromatic heterocycles. The molecule has 158 valence electrons. The van der Waals surface area contributed by atoms with E-state index in [1.165, 1.54) is 0 Å². The Hall–Kier alpha value is -3.60. The van der Waals surface area contributed by atoms with Gasteiger partial charge in [-0.15, -0.1) is 0 Å². The number of carbonyl (C=O) groups is 2. The van der Waals surface area contributed by atoms with Gasteiger partial charge in [0.15, 0.2) is 0 Å². The lowest BCUT2D eigenvalue weighted by Crippen LogP contribution is -2.41. The fourth-order valence-electron chi connectivity index (χ4n) is 4.23. The first-order chi connectivity index (χ1) is 15.0. The molecule has 0 saturated carbocycles. The quantitative estimate of drug-likeness (QED) is 0.574. The maximum absolute atomic E-state index is 12.4. The smallest absolute Gasteiger partial charge is 0.407 e. The summed E-state index contributed by atoms with van der Waals surface area (Å²) in [5, 5.41) is 12.1. The van der Waals surface area contributed by atoms with Gasteiger partial charge in [0, 0.05) is 5.92 Å². The Morgan fingerprint density at radius 1 is 0.935 bits per heavy atom. The van der Waals surface area contributed by atoms with E-state index in [1.807, 2.05) is 67.6 Å². The van der Waals surface area contributed by atoms with Gasteiger partial charge >= 0.3 is 12.1 Å². The summed E-state index contributed by atoms with van der Waals surface area (Å²) < 4.78 is 5.48. The van der Waals surface area contributed by atoms with Crippen molar-refractivity contribution in [1.29, 1.82) is 0 Å². The molecular formula is C26H25NO4. The second kappa shape index (κ2) is 9.04. The van der Waals surface area contributed by atoms with E-state index in [9.17, 15) is 14.7 Å². The van der Waals surface area contributed by atoms with Gasteiger partial charge in [0.25, 0.3) is 0 Å². The number of aryl methyl sites for hydroxylation is 2. The van der Waals surface area contributed by atoms with E-state index in [2.05, 4.69) is 17.4 Å². The van der Waals surface area contributed by atoms with Crippen molar-refractivity contribution >= 4 is 12.1 Å². The number of hydrogen-bond acceptors (Lipinski definition) is 3. The van der Waals surface area contributed by atoms with Crippen molar-refractivity contribution in [3.8, 4) is 11.1 Å². The van der Waals surface area contributed by atoms with E-state index >= 15 is 0 Å². The summed E-state index contributed by atoms with van der Waals surface area (Å²) in [6, 6.07) is 23.0. The molecule has 0 radical (unpaired) electrons. The summed E-state index contributed by atoms with van der Waals surface area (Å²) in [5.74, 6) is -1.13. The van der Waals surface area contributed by atoms with E-state index in [1.54, 1.807) is 0 Å². The Labute approximate surface area is 181 Å². The number of carbonyl (C=O) groups excluding carboxylic acids is 1. The molecule has 0 saturated heterocycles. The van der Waals surface area contributed by atoms with Gasteiger partial charge in [0.1, 0.15) is 12.6 Å². The first-order valence-electron chi connectivity index (χ1n) is 10.4. The van der Waals surface area contributed by atoms with Crippen LogP contribution in [-0.4, -0.2) is 29.8 Å². The van der Waals surface area contributed by atoms with Crippen LogP contribution < -0.4 is 5.32 Å². The van der Waals surface area contributed by atoms with Gasteiger partial charge in [-0.25, -0.2) is 9.59 Å². The molecule has 0 spiro atoms. The Morgan fingerprint density at radius 3 is 2.13 bits per heavy atom. The first-order valence-corrected chi connectivity index (χ1v) is 10.4. The lowest BCUT2D eigenvalue weighted by atomic mass is 9.98. The zero-order chi connectivity index (χ0) is 21.8. The fourth-order valence-corrected chi connectivity index (χ4v) is 4.23. The van der Waals surface area contributed by atoms with Gasteiger partial charge in [-0.2, -0.15) is 0 Å². The average Bonchev–Trinajstić information content (AvgIpc) is 3.10. The topological polar surface area (TPSA) is 75.6 Å². The molecule has 1 atom stereocenters. The summed E-state index contributed by atoms with van der Waals surface area (Å²) in [6.07, 6.45) is 0.150. The largest absolute Gasteiger partial charge is 0.480 e. The Morgan fingerprint density at radius 2 is 1.52 bits per heavy atom. The van der Waals surface area contributed by atoms with Crippen LogP contribution in [-0.2, 0) is 16.0 Å². The number of benzene rings is 3. The molecule has 3 aromatic rings. The zero-order valence-electron chi connectivity index (χ0n) is 17.4. The van der Waals surface area contributed by atoms with Crippen LogP contribution in [0.4, 0.5) is 4.79 Å². The molecule has 5 heteroatoms. The SMILES string of the molecule is Cc1ccccc1CC[C@@H](NC(=O)OCC1c2ccccc2-c2ccccc21)C(=O)O. The van der Waals surface area contributed by atoms with Crippen LogP contribution in [0.2, 0.25) is 0 Å². The van der Waals surface area contributed by atoms with E-state index in [-0.39, 0.29) is 12.5 Å². The summed E-state index contributed by atoms with van der Waals surface area (Å²) >= 11 is 0. The number of amides is 1. The molecule has 0 bridgehead atoms. The normalized spacial score (nSPS) is 13.2. The minimum atomic E-state index is -1.07. The molecule has 0 unspecified atom stereocenters. The van der Waals surface area contributed by atoms with Gasteiger partial charge in [0.2, 0.25) is 0 Å². The van der Waals surface area contributed by atoms with Crippen LogP contribution in [0.25, 0.3) is 11.1 Å². The maximum Gasteiger partial charge on any atom is 0.407 e. The maximum atomic E-state index is 12.4. The van der Waals surface area contributed by atoms with Gasteiger partial charge < -0.3 is 15.2 Å². The number of fused-ring (bicyclic) bond motifs is 3. The monoisotopic (exact) mass is 415 g/mol. The molecule has 4 rings (SSSR count). The lowest BCUT2D eigenvalue weighted by Gasteiger charge is -2.18. The predicted molar refractivity (Wildman–Crippen MR) is 119 cm³/mol. The third-order valence-electron chi connectivity index (χ3n) is 5.90. The highest BCUT2D eigenvalue weighted by Gasteiger charge is 2.29. The van der Waals surface area contributed by atoms with Crippen LogP contribution in [0.3, 0.4) is 0 Å². The van der Waals surface area contributed by atoms with Gasteiger partial charge in [-0.1, -0.05) is 72.8 Å². The van der Waals surface area contributed by atoms with Crippen molar-refractivity contribution in [1.82, 2.24) is 5.32 Å². The number of carboxylic acids is 1. The molecule has 0 heterocycles. The third kappa shape index (κ3) is 4.45. The second-order valence-electron chi connectivity index (χ2n) is 7.83. The third-order valence-corrected chi connectivity index (χ3v) is 5.90. The number of aliphatic carboxylic acids is 1. The number of hydrogen-bond donors (Lipinski definition) is 2. The highest BCUT2D eigenvalue weighted by molar-refractivity contribution is 5.81. The molecule has 2 N–H and O–H groups in total. The lowest BCUT2D eigenvalue weighted by molar-refractivity contribution is -0.139. The summed E-state index contributed by atoms with van der Waals surface area (Å²) in [6.45, 7) is 2.15. The standard InChI is InChI=1S/C26H25NO4/c1-17-8-2-3-9-18(17)14-15-24(25(28)29)27-26(30)31-16-23-21-12-6-4-10-19(21)20-11-5-7-13-22(20)23/h2-13,23-24H,14-16H2,1H3,(H,27,30)(H,28,29)/t24-/m1/s1. The number of nitrogens with one attached hydrogen (secondary N) is 1. The Balaban J connectivity index is 1.39. The van der Waals surface area contributed by atoms with Crippen LogP contribution in [0.5, 0.6) is 0 Å². The van der Waals surface area contributed by atoms with Crippen molar-refractivity contribution in [2.75, 3.05) is 6.61 Å². The molecule has 5 nitrogen and oxygen atoms in total. The second-order valence-corrected chi connectivity index (χ2v) is 7.83. The molecule has 31 heavy (non-hydrogen) atoms. The van der Waals surface area contributed by atoms with Crippen molar-refractivity contribution in [3.05, 3.63) is 95.1 Å². The fraction of sp³-hybridized carbons (Fsp3) is 0.231. The molecule has 3 aromatic carbocycles. The van der Waals surface area contributed by atoms with E-state index in [0.29, 0.717) is 12.8 Å². The van der Waals surface area contributed by atoms with Crippen molar-refractivity contribution in [3.63, 3.8) is 0 Å². The van der Waals surface area contributed by atoms with E-state index < -0.39 is 18.1 Å². The van der Waals surface area contributed by atoms with E-state index in [0.717, 1.165) is 33.4 Å². The highest BCUT2D eigenvalue weighted by Crippen LogP contribution is 2.44. The molecule has 0 fully saturated rings.